The van der Waals surface area contributed by atoms with E-state index in [9.17, 15) is 37.5 Å². The fourth-order valence-corrected chi connectivity index (χ4v) is 8.37. The van der Waals surface area contributed by atoms with Crippen molar-refractivity contribution in [3.63, 3.8) is 0 Å². The van der Waals surface area contributed by atoms with Crippen LogP contribution in [0.3, 0.4) is 0 Å². The van der Waals surface area contributed by atoms with Crippen LogP contribution >= 0.6 is 23.2 Å². The summed E-state index contributed by atoms with van der Waals surface area (Å²) in [5.41, 5.74) is -2.06. The summed E-state index contributed by atoms with van der Waals surface area (Å²) in [6.07, 6.45) is 3.86. The highest BCUT2D eigenvalue weighted by Crippen LogP contribution is 2.64. The van der Waals surface area contributed by atoms with Gasteiger partial charge in [0.05, 0.1) is 18.9 Å². The second-order valence-electron chi connectivity index (χ2n) is 13.2. The smallest absolute Gasteiger partial charge is 0.258 e. The molecule has 1 saturated carbocycles. The number of hydrogen-bond acceptors (Lipinski definition) is 6. The molecular formula is C33H27Cl2F5N2O6. The largest absolute Gasteiger partial charge is 0.504 e. The van der Waals surface area contributed by atoms with Crippen LogP contribution in [0.15, 0.2) is 35.9 Å². The van der Waals surface area contributed by atoms with Crippen molar-refractivity contribution in [3.8, 4) is 11.5 Å². The summed E-state index contributed by atoms with van der Waals surface area (Å²) >= 11 is 14.1. The first-order valence-electron chi connectivity index (χ1n) is 14.7. The lowest BCUT2D eigenvalue weighted by Gasteiger charge is -2.49. The molecule has 4 aliphatic rings. The molecule has 254 valence electrons. The number of anilines is 1. The van der Waals surface area contributed by atoms with Gasteiger partial charge >= 0.3 is 0 Å². The van der Waals surface area contributed by atoms with Crippen LogP contribution in [0.5, 0.6) is 11.5 Å². The van der Waals surface area contributed by atoms with Crippen molar-refractivity contribution in [3.05, 3.63) is 70.6 Å². The van der Waals surface area contributed by atoms with Gasteiger partial charge in [0.25, 0.3) is 11.8 Å². The Labute approximate surface area is 280 Å². The van der Waals surface area contributed by atoms with E-state index in [1.807, 2.05) is 0 Å². The number of halogens is 7. The number of ether oxygens (including phenoxy) is 1. The van der Waals surface area contributed by atoms with Crippen LogP contribution in [0.25, 0.3) is 6.08 Å². The number of allylic oxidation sites excluding steroid dienone is 3. The molecule has 0 radical (unpaired) electrons. The van der Waals surface area contributed by atoms with E-state index in [-0.39, 0.29) is 22.8 Å². The van der Waals surface area contributed by atoms with Gasteiger partial charge in [-0.2, -0.15) is 0 Å². The van der Waals surface area contributed by atoms with Gasteiger partial charge in [-0.1, -0.05) is 29.9 Å². The molecule has 2 aromatic rings. The molecule has 2 aromatic carbocycles. The van der Waals surface area contributed by atoms with E-state index in [4.69, 9.17) is 27.9 Å². The predicted octanol–water partition coefficient (Wildman–Crippen LogP) is 6.00. The lowest BCUT2D eigenvalue weighted by Crippen LogP contribution is -2.60. The number of hydrogen-bond donors (Lipinski definition) is 1. The van der Waals surface area contributed by atoms with E-state index in [2.05, 4.69) is 0 Å². The average molecular weight is 713 g/mol. The standard InChI is InChI=1S/C33H27Cl2F5N2O6/c1-31(2,3)42-27(44)15-8-7-14-16(20(15)28(42)45)12-32(34)29(46)41(26-24(39)22(37)21(36)23(38)25(26)40)30(47)33(32,35)17(14)9-5-13-6-10-18(43)19(11-13)48-4/h5-7,9-11,15-17,20,43H,8,12H2,1-4H3. The Morgan fingerprint density at radius 2 is 1.52 bits per heavy atom. The average Bonchev–Trinajstić information content (AvgIpc) is 3.38. The van der Waals surface area contributed by atoms with Crippen molar-refractivity contribution < 1.29 is 51.0 Å². The number of nitrogens with zero attached hydrogens (tertiary/aromatic N) is 2. The molecule has 2 aliphatic carbocycles. The van der Waals surface area contributed by atoms with Crippen molar-refractivity contribution in [2.45, 2.75) is 48.9 Å². The maximum absolute atomic E-state index is 15.1. The molecule has 2 aliphatic heterocycles. The van der Waals surface area contributed by atoms with Gasteiger partial charge in [0, 0.05) is 11.5 Å². The molecule has 6 unspecified atom stereocenters. The summed E-state index contributed by atoms with van der Waals surface area (Å²) in [6.45, 7) is 5.00. The van der Waals surface area contributed by atoms with Crippen LogP contribution in [-0.2, 0) is 19.2 Å². The first-order valence-corrected chi connectivity index (χ1v) is 15.5. The molecule has 48 heavy (non-hydrogen) atoms. The fraction of sp³-hybridized carbons (Fsp3) is 0.394. The molecule has 6 rings (SSSR count). The summed E-state index contributed by atoms with van der Waals surface area (Å²) in [6, 6.07) is 4.21. The molecule has 0 aromatic heterocycles. The van der Waals surface area contributed by atoms with Gasteiger partial charge in [-0.3, -0.25) is 24.1 Å². The fourth-order valence-electron chi connectivity index (χ4n) is 7.48. The Balaban J connectivity index is 1.56. The number of carbonyl (C=O) groups is 4. The molecule has 8 nitrogen and oxygen atoms in total. The number of fused-ring (bicyclic) bond motifs is 4. The third-order valence-corrected chi connectivity index (χ3v) is 11.1. The van der Waals surface area contributed by atoms with E-state index in [0.29, 0.717) is 11.1 Å². The molecule has 3 fully saturated rings. The summed E-state index contributed by atoms with van der Waals surface area (Å²) in [5, 5.41) is 10.0. The Bertz CT molecular complexity index is 1870. The van der Waals surface area contributed by atoms with E-state index in [0.717, 1.165) is 4.90 Å². The number of phenolic OH excluding ortho intramolecular Hbond substituents is 1. The summed E-state index contributed by atoms with van der Waals surface area (Å²) < 4.78 is 78.0. The highest BCUT2D eigenvalue weighted by molar-refractivity contribution is 6.58. The predicted molar refractivity (Wildman–Crippen MR) is 162 cm³/mol. The van der Waals surface area contributed by atoms with Crippen molar-refractivity contribution in [1.29, 1.82) is 0 Å². The number of likely N-dealkylation sites (tertiary alicyclic amines) is 1. The Kier molecular flexibility index (Phi) is 7.79. The van der Waals surface area contributed by atoms with E-state index >= 15 is 8.78 Å². The van der Waals surface area contributed by atoms with Crippen molar-refractivity contribution in [1.82, 2.24) is 4.90 Å². The summed E-state index contributed by atoms with van der Waals surface area (Å²) in [4.78, 5) is 51.5. The number of benzene rings is 2. The SMILES string of the molecule is COc1cc(C=CC2C3=CCC4C(=O)N(C(C)(C)C)C(=O)C4C3CC3(Cl)C(=O)N(c4c(F)c(F)c(F)c(F)c4F)C(=O)C23Cl)ccc1O. The van der Waals surface area contributed by atoms with E-state index in [1.54, 1.807) is 26.8 Å². The topological polar surface area (TPSA) is 104 Å². The van der Waals surface area contributed by atoms with Crippen molar-refractivity contribution >= 4 is 58.6 Å². The number of alkyl halides is 2. The van der Waals surface area contributed by atoms with E-state index in [1.165, 1.54) is 37.5 Å². The normalized spacial score (nSPS) is 30.2. The second-order valence-corrected chi connectivity index (χ2v) is 14.5. The molecule has 15 heteroatoms. The first kappa shape index (κ1) is 33.9. The Hall–Kier alpha value is -3.97. The minimum Gasteiger partial charge on any atom is -0.504 e. The van der Waals surface area contributed by atoms with Crippen LogP contribution in [0, 0.1) is 52.8 Å². The third kappa shape index (κ3) is 4.38. The molecular weight excluding hydrogens is 686 g/mol. The number of amides is 4. The highest BCUT2D eigenvalue weighted by Gasteiger charge is 2.76. The van der Waals surface area contributed by atoms with Gasteiger partial charge < -0.3 is 9.84 Å². The first-order chi connectivity index (χ1) is 22.3. The number of aromatic hydroxyl groups is 1. The minimum absolute atomic E-state index is 0.0385. The van der Waals surface area contributed by atoms with Crippen LogP contribution in [0.4, 0.5) is 27.6 Å². The van der Waals surface area contributed by atoms with Gasteiger partial charge in [-0.25, -0.2) is 26.9 Å². The second kappa shape index (κ2) is 11.0. The monoisotopic (exact) mass is 712 g/mol. The van der Waals surface area contributed by atoms with Gasteiger partial charge in [0.1, 0.15) is 5.69 Å². The summed E-state index contributed by atoms with van der Waals surface area (Å²) in [5.74, 6) is -20.8. The van der Waals surface area contributed by atoms with Crippen LogP contribution in [-0.4, -0.2) is 56.0 Å². The minimum atomic E-state index is -2.62. The number of rotatable bonds is 4. The maximum Gasteiger partial charge on any atom is 0.258 e. The molecule has 2 saturated heterocycles. The molecule has 4 amide bonds. The van der Waals surface area contributed by atoms with Gasteiger partial charge in [-0.15, -0.1) is 23.2 Å². The molecule has 6 atom stereocenters. The Morgan fingerprint density at radius 1 is 0.917 bits per heavy atom. The quantitative estimate of drug-likeness (QED) is 0.104. The van der Waals surface area contributed by atoms with Crippen molar-refractivity contribution in [2.24, 2.45) is 23.7 Å². The van der Waals surface area contributed by atoms with Crippen LogP contribution in [0.2, 0.25) is 0 Å². The van der Waals surface area contributed by atoms with Crippen LogP contribution in [0.1, 0.15) is 39.2 Å². The summed E-state index contributed by atoms with van der Waals surface area (Å²) in [7, 11) is 1.31. The molecule has 0 spiro atoms. The lowest BCUT2D eigenvalue weighted by molar-refractivity contribution is -0.145. The molecule has 1 N–H and O–H groups in total. The maximum atomic E-state index is 15.1. The van der Waals surface area contributed by atoms with Gasteiger partial charge in [0.15, 0.2) is 44.5 Å². The van der Waals surface area contributed by atoms with Crippen LogP contribution < -0.4 is 9.64 Å². The van der Waals surface area contributed by atoms with Crippen molar-refractivity contribution in [2.75, 3.05) is 12.0 Å². The van der Waals surface area contributed by atoms with Gasteiger partial charge in [0.2, 0.25) is 17.6 Å². The number of phenols is 1. The molecule has 2 heterocycles. The van der Waals surface area contributed by atoms with Gasteiger partial charge in [-0.05, 0) is 57.2 Å². The Morgan fingerprint density at radius 3 is 2.10 bits per heavy atom. The number of imide groups is 2. The number of methoxy groups -OCH3 is 1. The van der Waals surface area contributed by atoms with E-state index < -0.39 is 104 Å². The lowest BCUT2D eigenvalue weighted by atomic mass is 9.57. The zero-order chi connectivity index (χ0) is 35.4. The zero-order valence-corrected chi connectivity index (χ0v) is 27.2. The third-order valence-electron chi connectivity index (χ3n) is 9.63. The molecule has 0 bridgehead atoms. The zero-order valence-electron chi connectivity index (χ0n) is 25.7. The number of carbonyl (C=O) groups excluding carboxylic acids is 4. The highest BCUT2D eigenvalue weighted by atomic mass is 35.5.